The minimum absolute atomic E-state index is 0.00131. The van der Waals surface area contributed by atoms with E-state index in [1.807, 2.05) is 23.6 Å². The number of hydrogen-bond donors (Lipinski definition) is 2. The number of carbonyl (C=O) groups excluding carboxylic acids is 2. The molecule has 152 valence electrons. The number of rotatable bonds is 3. The molecule has 0 radical (unpaired) electrons. The molecule has 28 heavy (non-hydrogen) atoms. The third kappa shape index (κ3) is 3.33. The molecule has 2 saturated heterocycles. The average molecular weight is 385 g/mol. The van der Waals surface area contributed by atoms with Gasteiger partial charge in [0.1, 0.15) is 0 Å². The molecule has 1 aliphatic carbocycles. The fraction of sp³-hybridized carbons (Fsp3) is 0.636. The average Bonchev–Trinajstić information content (AvgIpc) is 3.01. The number of fused-ring (bicyclic) bond motifs is 2. The van der Waals surface area contributed by atoms with Crippen LogP contribution in [0.1, 0.15) is 51.2 Å². The van der Waals surface area contributed by atoms with E-state index in [1.165, 1.54) is 11.1 Å². The van der Waals surface area contributed by atoms with Gasteiger partial charge in [0.05, 0.1) is 12.1 Å². The van der Waals surface area contributed by atoms with Gasteiger partial charge < -0.3 is 20.4 Å². The van der Waals surface area contributed by atoms with Crippen LogP contribution in [0.25, 0.3) is 0 Å². The van der Waals surface area contributed by atoms with E-state index in [9.17, 15) is 9.59 Å². The quantitative estimate of drug-likeness (QED) is 0.842. The maximum atomic E-state index is 12.9. The molecule has 4 rings (SSSR count). The van der Waals surface area contributed by atoms with Crippen molar-refractivity contribution in [2.45, 2.75) is 70.0 Å². The third-order valence-corrected chi connectivity index (χ3v) is 6.79. The molecule has 0 saturated carbocycles. The summed E-state index contributed by atoms with van der Waals surface area (Å²) >= 11 is 0. The highest BCUT2D eigenvalue weighted by molar-refractivity contribution is 5.79. The lowest BCUT2D eigenvalue weighted by molar-refractivity contribution is 0.132. The fourth-order valence-corrected chi connectivity index (χ4v) is 5.30. The molecule has 0 spiro atoms. The Morgan fingerprint density at radius 2 is 2.14 bits per heavy atom. The molecule has 2 fully saturated rings. The van der Waals surface area contributed by atoms with E-state index in [0.29, 0.717) is 19.6 Å². The number of hydrogen-bond acceptors (Lipinski definition) is 2. The number of piperidine rings is 1. The lowest BCUT2D eigenvalue weighted by atomic mass is 9.71. The lowest BCUT2D eigenvalue weighted by Gasteiger charge is -2.39. The van der Waals surface area contributed by atoms with Crippen LogP contribution in [0.5, 0.6) is 0 Å². The first-order chi connectivity index (χ1) is 13.4. The van der Waals surface area contributed by atoms with Gasteiger partial charge in [0.2, 0.25) is 0 Å². The molecule has 3 aliphatic rings. The highest BCUT2D eigenvalue weighted by Gasteiger charge is 2.44. The second kappa shape index (κ2) is 7.30. The number of carbonyl (C=O) groups is 2. The minimum atomic E-state index is -0.0150. The summed E-state index contributed by atoms with van der Waals surface area (Å²) in [7, 11) is 0. The molecule has 0 aromatic heterocycles. The zero-order chi connectivity index (χ0) is 19.9. The second-order valence-corrected chi connectivity index (χ2v) is 9.09. The normalized spacial score (nSPS) is 29.4. The summed E-state index contributed by atoms with van der Waals surface area (Å²) in [6, 6.07) is 9.01. The van der Waals surface area contributed by atoms with Crippen molar-refractivity contribution in [3.63, 3.8) is 0 Å². The molecule has 4 amide bonds. The Hall–Kier alpha value is -2.24. The molecule has 1 unspecified atom stereocenters. The Morgan fingerprint density at radius 3 is 2.93 bits per heavy atom. The van der Waals surface area contributed by atoms with Gasteiger partial charge in [-0.2, -0.15) is 0 Å². The Morgan fingerprint density at radius 1 is 1.36 bits per heavy atom. The summed E-state index contributed by atoms with van der Waals surface area (Å²) in [5, 5.41) is 6.25. The van der Waals surface area contributed by atoms with Gasteiger partial charge in [-0.1, -0.05) is 31.2 Å². The number of aryl methyl sites for hydroxylation is 1. The summed E-state index contributed by atoms with van der Waals surface area (Å²) < 4.78 is 0. The van der Waals surface area contributed by atoms with Crippen molar-refractivity contribution in [2.24, 2.45) is 0 Å². The summed E-state index contributed by atoms with van der Waals surface area (Å²) in [5.41, 5.74) is 2.77. The molecule has 3 atom stereocenters. The lowest BCUT2D eigenvalue weighted by Crippen LogP contribution is -2.56. The van der Waals surface area contributed by atoms with Gasteiger partial charge in [-0.05, 0) is 50.7 Å². The van der Waals surface area contributed by atoms with Crippen LogP contribution in [0.4, 0.5) is 9.59 Å². The van der Waals surface area contributed by atoms with Gasteiger partial charge in [-0.25, -0.2) is 9.59 Å². The number of nitrogens with zero attached hydrogens (tertiary/aromatic N) is 2. The van der Waals surface area contributed by atoms with Crippen LogP contribution in [0.3, 0.4) is 0 Å². The van der Waals surface area contributed by atoms with Gasteiger partial charge in [0.25, 0.3) is 0 Å². The smallest absolute Gasteiger partial charge is 0.318 e. The number of likely N-dealkylation sites (tertiary alicyclic amines) is 1. The van der Waals surface area contributed by atoms with Crippen molar-refractivity contribution in [3.8, 4) is 0 Å². The number of urea groups is 2. The maximum Gasteiger partial charge on any atom is 0.318 e. The monoisotopic (exact) mass is 384 g/mol. The van der Waals surface area contributed by atoms with Crippen molar-refractivity contribution in [3.05, 3.63) is 35.4 Å². The maximum absolute atomic E-state index is 12.9. The van der Waals surface area contributed by atoms with E-state index in [4.69, 9.17) is 0 Å². The highest BCUT2D eigenvalue weighted by Crippen LogP contribution is 2.36. The number of amides is 4. The Kier molecular flexibility index (Phi) is 4.98. The SMILES string of the molecule is CC(C)N1C(=O)N[C@@H]2CN(C(=O)NCC3(C)CCCc4ccccc43)CC[C@@H]21. The van der Waals surface area contributed by atoms with Gasteiger partial charge in [0.15, 0.2) is 0 Å². The van der Waals surface area contributed by atoms with E-state index >= 15 is 0 Å². The van der Waals surface area contributed by atoms with Crippen LogP contribution in [0.2, 0.25) is 0 Å². The molecule has 2 heterocycles. The minimum Gasteiger partial charge on any atom is -0.337 e. The van der Waals surface area contributed by atoms with E-state index in [1.54, 1.807) is 0 Å². The van der Waals surface area contributed by atoms with Crippen molar-refractivity contribution in [1.82, 2.24) is 20.4 Å². The predicted molar refractivity (Wildman–Crippen MR) is 109 cm³/mol. The van der Waals surface area contributed by atoms with Crippen LogP contribution in [0, 0.1) is 0 Å². The van der Waals surface area contributed by atoms with E-state index in [2.05, 4.69) is 41.8 Å². The summed E-state index contributed by atoms with van der Waals surface area (Å²) in [6.07, 6.45) is 4.21. The van der Waals surface area contributed by atoms with Crippen LogP contribution in [0.15, 0.2) is 24.3 Å². The van der Waals surface area contributed by atoms with E-state index < -0.39 is 0 Å². The molecule has 2 N–H and O–H groups in total. The standard InChI is InChI=1S/C22H32N4O2/c1-15(2)26-19-10-12-25(13-18(19)24-21(26)28)20(27)23-14-22(3)11-6-8-16-7-4-5-9-17(16)22/h4-5,7,9,15,18-19H,6,8,10-14H2,1-3H3,(H,23,27)(H,24,28)/t18-,19+,22?/m1/s1. The summed E-state index contributed by atoms with van der Waals surface area (Å²) in [6.45, 7) is 8.28. The summed E-state index contributed by atoms with van der Waals surface area (Å²) in [5.74, 6) is 0. The molecular formula is C22H32N4O2. The first kappa shape index (κ1) is 19.1. The Labute approximate surface area is 167 Å². The van der Waals surface area contributed by atoms with Gasteiger partial charge >= 0.3 is 12.1 Å². The zero-order valence-corrected chi connectivity index (χ0v) is 17.2. The van der Waals surface area contributed by atoms with Gasteiger partial charge in [-0.3, -0.25) is 0 Å². The van der Waals surface area contributed by atoms with E-state index in [-0.39, 0.29) is 35.6 Å². The molecule has 6 heteroatoms. The van der Waals surface area contributed by atoms with Crippen LogP contribution in [-0.4, -0.2) is 59.6 Å². The van der Waals surface area contributed by atoms with Crippen molar-refractivity contribution >= 4 is 12.1 Å². The largest absolute Gasteiger partial charge is 0.337 e. The highest BCUT2D eigenvalue weighted by atomic mass is 16.2. The Balaban J connectivity index is 1.38. The van der Waals surface area contributed by atoms with Gasteiger partial charge in [-0.15, -0.1) is 0 Å². The van der Waals surface area contributed by atoms with Gasteiger partial charge in [0, 0.05) is 31.1 Å². The van der Waals surface area contributed by atoms with Crippen molar-refractivity contribution in [1.29, 1.82) is 0 Å². The summed E-state index contributed by atoms with van der Waals surface area (Å²) in [4.78, 5) is 28.9. The second-order valence-electron chi connectivity index (χ2n) is 9.09. The molecular weight excluding hydrogens is 352 g/mol. The number of nitrogens with one attached hydrogen (secondary N) is 2. The fourth-order valence-electron chi connectivity index (χ4n) is 5.30. The van der Waals surface area contributed by atoms with Crippen molar-refractivity contribution < 1.29 is 9.59 Å². The first-order valence-electron chi connectivity index (χ1n) is 10.6. The molecule has 1 aromatic rings. The van der Waals surface area contributed by atoms with Crippen LogP contribution in [-0.2, 0) is 11.8 Å². The molecule has 2 aliphatic heterocycles. The zero-order valence-electron chi connectivity index (χ0n) is 17.2. The van der Waals surface area contributed by atoms with E-state index in [0.717, 1.165) is 25.7 Å². The molecule has 0 bridgehead atoms. The predicted octanol–water partition coefficient (Wildman–Crippen LogP) is 2.87. The Bertz CT molecular complexity index is 765. The molecule has 6 nitrogen and oxygen atoms in total. The third-order valence-electron chi connectivity index (χ3n) is 6.79. The number of benzene rings is 1. The van der Waals surface area contributed by atoms with Crippen LogP contribution >= 0.6 is 0 Å². The van der Waals surface area contributed by atoms with Crippen LogP contribution < -0.4 is 10.6 Å². The molecule has 1 aromatic carbocycles. The topological polar surface area (TPSA) is 64.7 Å². The van der Waals surface area contributed by atoms with Crippen molar-refractivity contribution in [2.75, 3.05) is 19.6 Å². The first-order valence-corrected chi connectivity index (χ1v) is 10.6.